The van der Waals surface area contributed by atoms with E-state index in [1.165, 1.54) is 0 Å². The van der Waals surface area contributed by atoms with Crippen LogP contribution in [0.2, 0.25) is 0 Å². The summed E-state index contributed by atoms with van der Waals surface area (Å²) in [5.74, 6) is 0.940. The molecule has 0 aliphatic rings. The number of halogens is 1. The van der Waals surface area contributed by atoms with Crippen molar-refractivity contribution in [1.82, 2.24) is 5.32 Å². The molecule has 0 unspecified atom stereocenters. The van der Waals surface area contributed by atoms with Gasteiger partial charge in [-0.2, -0.15) is 0 Å². The average Bonchev–Trinajstić information content (AvgIpc) is 2.25. The molecule has 0 saturated carbocycles. The first-order chi connectivity index (χ1) is 6.93. The monoisotopic (exact) mass is 257 g/mol. The fourth-order valence-corrected chi connectivity index (χ4v) is 1.35. The standard InChI is InChI=1S/C11H16BrNO/c12-7-4-8-13-9-10-14-11-5-2-1-3-6-11/h1-3,5-6,13H,4,7-10H2. The Balaban J connectivity index is 1.99. The van der Waals surface area contributed by atoms with Crippen molar-refractivity contribution < 1.29 is 4.74 Å². The van der Waals surface area contributed by atoms with Crippen LogP contribution in [0.3, 0.4) is 0 Å². The smallest absolute Gasteiger partial charge is 0.119 e. The van der Waals surface area contributed by atoms with Gasteiger partial charge < -0.3 is 10.1 Å². The van der Waals surface area contributed by atoms with Crippen LogP contribution in [0, 0.1) is 0 Å². The Kier molecular flexibility index (Phi) is 6.45. The van der Waals surface area contributed by atoms with Gasteiger partial charge in [-0.05, 0) is 25.1 Å². The third-order valence-electron chi connectivity index (χ3n) is 1.78. The lowest BCUT2D eigenvalue weighted by Gasteiger charge is -2.06. The van der Waals surface area contributed by atoms with Crippen molar-refractivity contribution in [2.24, 2.45) is 0 Å². The maximum Gasteiger partial charge on any atom is 0.119 e. The van der Waals surface area contributed by atoms with E-state index in [0.717, 1.165) is 37.2 Å². The molecule has 1 rings (SSSR count). The van der Waals surface area contributed by atoms with Crippen LogP contribution in [0.25, 0.3) is 0 Å². The number of alkyl halides is 1. The quantitative estimate of drug-likeness (QED) is 0.599. The van der Waals surface area contributed by atoms with Gasteiger partial charge in [0.1, 0.15) is 12.4 Å². The van der Waals surface area contributed by atoms with Gasteiger partial charge >= 0.3 is 0 Å². The molecule has 2 nitrogen and oxygen atoms in total. The highest BCUT2D eigenvalue weighted by Crippen LogP contribution is 2.07. The van der Waals surface area contributed by atoms with Crippen LogP contribution in [-0.2, 0) is 0 Å². The van der Waals surface area contributed by atoms with Crippen LogP contribution in [0.5, 0.6) is 5.75 Å². The van der Waals surface area contributed by atoms with Gasteiger partial charge in [-0.1, -0.05) is 34.1 Å². The maximum atomic E-state index is 5.51. The zero-order valence-electron chi connectivity index (χ0n) is 8.21. The van der Waals surface area contributed by atoms with Crippen LogP contribution >= 0.6 is 15.9 Å². The van der Waals surface area contributed by atoms with Crippen molar-refractivity contribution in [3.63, 3.8) is 0 Å². The van der Waals surface area contributed by atoms with E-state index < -0.39 is 0 Å². The summed E-state index contributed by atoms with van der Waals surface area (Å²) in [7, 11) is 0. The lowest BCUT2D eigenvalue weighted by Crippen LogP contribution is -2.22. The Hall–Kier alpha value is -0.540. The lowest BCUT2D eigenvalue weighted by atomic mass is 10.3. The number of para-hydroxylation sites is 1. The van der Waals surface area contributed by atoms with Gasteiger partial charge in [0.15, 0.2) is 0 Å². The fraction of sp³-hybridized carbons (Fsp3) is 0.455. The molecule has 0 amide bonds. The summed E-state index contributed by atoms with van der Waals surface area (Å²) in [6.07, 6.45) is 1.16. The normalized spacial score (nSPS) is 10.1. The second-order valence-corrected chi connectivity index (χ2v) is 3.75. The summed E-state index contributed by atoms with van der Waals surface area (Å²) in [4.78, 5) is 0. The SMILES string of the molecule is BrCCCNCCOc1ccccc1. The van der Waals surface area contributed by atoms with E-state index in [1.807, 2.05) is 30.3 Å². The van der Waals surface area contributed by atoms with Gasteiger partial charge in [0.2, 0.25) is 0 Å². The van der Waals surface area contributed by atoms with Gasteiger partial charge in [0.25, 0.3) is 0 Å². The second kappa shape index (κ2) is 7.83. The van der Waals surface area contributed by atoms with E-state index in [2.05, 4.69) is 21.2 Å². The Labute approximate surface area is 93.8 Å². The number of nitrogens with one attached hydrogen (secondary N) is 1. The molecule has 0 heterocycles. The number of hydrogen-bond donors (Lipinski definition) is 1. The fourth-order valence-electron chi connectivity index (χ4n) is 1.07. The van der Waals surface area contributed by atoms with Gasteiger partial charge in [-0.3, -0.25) is 0 Å². The molecular formula is C11H16BrNO. The lowest BCUT2D eigenvalue weighted by molar-refractivity contribution is 0.314. The minimum Gasteiger partial charge on any atom is -0.492 e. The summed E-state index contributed by atoms with van der Waals surface area (Å²) in [6, 6.07) is 9.89. The number of ether oxygens (including phenoxy) is 1. The van der Waals surface area contributed by atoms with E-state index in [1.54, 1.807) is 0 Å². The highest BCUT2D eigenvalue weighted by atomic mass is 79.9. The molecule has 78 valence electrons. The summed E-state index contributed by atoms with van der Waals surface area (Å²) in [5, 5.41) is 4.36. The van der Waals surface area contributed by atoms with Crippen LogP contribution in [0.4, 0.5) is 0 Å². The predicted molar refractivity (Wildman–Crippen MR) is 63.2 cm³/mol. The minimum atomic E-state index is 0.728. The Morgan fingerprint density at radius 2 is 1.93 bits per heavy atom. The first-order valence-electron chi connectivity index (χ1n) is 4.88. The average molecular weight is 258 g/mol. The Morgan fingerprint density at radius 3 is 2.64 bits per heavy atom. The summed E-state index contributed by atoms with van der Waals surface area (Å²) < 4.78 is 5.51. The molecule has 0 atom stereocenters. The molecule has 0 saturated heterocycles. The van der Waals surface area contributed by atoms with Crippen molar-refractivity contribution in [3.05, 3.63) is 30.3 Å². The molecule has 1 N–H and O–H groups in total. The zero-order chi connectivity index (χ0) is 10.1. The third-order valence-corrected chi connectivity index (χ3v) is 2.34. The number of hydrogen-bond acceptors (Lipinski definition) is 2. The van der Waals surface area contributed by atoms with Crippen molar-refractivity contribution in [2.75, 3.05) is 25.0 Å². The molecule has 0 bridgehead atoms. The molecule has 0 aromatic heterocycles. The van der Waals surface area contributed by atoms with Crippen LogP contribution in [0.15, 0.2) is 30.3 Å². The maximum absolute atomic E-state index is 5.51. The second-order valence-electron chi connectivity index (χ2n) is 2.95. The third kappa shape index (κ3) is 5.25. The van der Waals surface area contributed by atoms with Gasteiger partial charge in [-0.25, -0.2) is 0 Å². The van der Waals surface area contributed by atoms with E-state index in [-0.39, 0.29) is 0 Å². The van der Waals surface area contributed by atoms with Crippen molar-refractivity contribution in [2.45, 2.75) is 6.42 Å². The van der Waals surface area contributed by atoms with Crippen molar-refractivity contribution >= 4 is 15.9 Å². The molecule has 14 heavy (non-hydrogen) atoms. The molecule has 0 radical (unpaired) electrons. The Morgan fingerprint density at radius 1 is 1.14 bits per heavy atom. The predicted octanol–water partition coefficient (Wildman–Crippen LogP) is 2.44. The first-order valence-corrected chi connectivity index (χ1v) is 6.00. The van der Waals surface area contributed by atoms with E-state index in [4.69, 9.17) is 4.74 Å². The van der Waals surface area contributed by atoms with Crippen molar-refractivity contribution in [1.29, 1.82) is 0 Å². The number of benzene rings is 1. The van der Waals surface area contributed by atoms with Gasteiger partial charge in [0, 0.05) is 11.9 Å². The summed E-state index contributed by atoms with van der Waals surface area (Å²) in [6.45, 7) is 2.68. The largest absolute Gasteiger partial charge is 0.492 e. The number of rotatable bonds is 7. The zero-order valence-corrected chi connectivity index (χ0v) is 9.79. The van der Waals surface area contributed by atoms with Crippen LogP contribution in [-0.4, -0.2) is 25.0 Å². The van der Waals surface area contributed by atoms with E-state index in [9.17, 15) is 0 Å². The molecule has 0 aliphatic heterocycles. The molecule has 0 fully saturated rings. The van der Waals surface area contributed by atoms with Gasteiger partial charge in [0.05, 0.1) is 0 Å². The van der Waals surface area contributed by atoms with Crippen LogP contribution < -0.4 is 10.1 Å². The first kappa shape index (κ1) is 11.5. The molecule has 0 spiro atoms. The minimum absolute atomic E-state index is 0.728. The molecule has 0 aliphatic carbocycles. The highest BCUT2D eigenvalue weighted by molar-refractivity contribution is 9.09. The molecular weight excluding hydrogens is 242 g/mol. The summed E-state index contributed by atoms with van der Waals surface area (Å²) in [5.41, 5.74) is 0. The van der Waals surface area contributed by atoms with E-state index in [0.29, 0.717) is 0 Å². The summed E-state index contributed by atoms with van der Waals surface area (Å²) >= 11 is 3.38. The van der Waals surface area contributed by atoms with Crippen LogP contribution in [0.1, 0.15) is 6.42 Å². The molecule has 1 aromatic rings. The molecule has 1 aromatic carbocycles. The topological polar surface area (TPSA) is 21.3 Å². The van der Waals surface area contributed by atoms with Crippen molar-refractivity contribution in [3.8, 4) is 5.75 Å². The molecule has 3 heteroatoms. The van der Waals surface area contributed by atoms with E-state index >= 15 is 0 Å². The van der Waals surface area contributed by atoms with Gasteiger partial charge in [-0.15, -0.1) is 0 Å². The highest BCUT2D eigenvalue weighted by Gasteiger charge is 1.90. The Bertz CT molecular complexity index is 228.